The minimum atomic E-state index is 0.904. The summed E-state index contributed by atoms with van der Waals surface area (Å²) in [5.74, 6) is 0. The van der Waals surface area contributed by atoms with Crippen LogP contribution in [0, 0.1) is 6.92 Å². The van der Waals surface area contributed by atoms with Crippen LogP contribution in [0.1, 0.15) is 12.1 Å². The van der Waals surface area contributed by atoms with Gasteiger partial charge in [0.15, 0.2) is 5.65 Å². The summed E-state index contributed by atoms with van der Waals surface area (Å²) in [5, 5.41) is 11.6. The Bertz CT molecular complexity index is 1100. The van der Waals surface area contributed by atoms with Crippen molar-refractivity contribution in [1.29, 1.82) is 0 Å². The van der Waals surface area contributed by atoms with E-state index in [4.69, 9.17) is 4.98 Å². The lowest BCUT2D eigenvalue weighted by molar-refractivity contribution is 0.405. The molecule has 0 spiro atoms. The molecular formula is C20H24N6. The van der Waals surface area contributed by atoms with E-state index in [1.54, 1.807) is 0 Å². The van der Waals surface area contributed by atoms with Crippen LogP contribution < -0.4 is 5.32 Å². The Labute approximate surface area is 152 Å². The number of benzene rings is 1. The summed E-state index contributed by atoms with van der Waals surface area (Å²) in [5.41, 5.74) is 4.96. The van der Waals surface area contributed by atoms with Gasteiger partial charge in [-0.3, -0.25) is 9.67 Å². The van der Waals surface area contributed by atoms with Crippen molar-refractivity contribution in [3.05, 3.63) is 36.2 Å². The molecule has 0 unspecified atom stereocenters. The van der Waals surface area contributed by atoms with Crippen molar-refractivity contribution in [3.63, 3.8) is 0 Å². The molecule has 0 radical (unpaired) electrons. The highest BCUT2D eigenvalue weighted by Gasteiger charge is 2.17. The highest BCUT2D eigenvalue weighted by atomic mass is 15.3. The van der Waals surface area contributed by atoms with E-state index in [9.17, 15) is 0 Å². The number of rotatable bonds is 5. The minimum absolute atomic E-state index is 0.904. The third-order valence-corrected chi connectivity index (χ3v) is 4.77. The van der Waals surface area contributed by atoms with Gasteiger partial charge in [-0.1, -0.05) is 0 Å². The third-order valence-electron chi connectivity index (χ3n) is 4.77. The second kappa shape index (κ2) is 6.53. The smallest absolute Gasteiger partial charge is 0.160 e. The quantitative estimate of drug-likeness (QED) is 0.443. The largest absolute Gasteiger partial charge is 0.384 e. The van der Waals surface area contributed by atoms with Crippen molar-refractivity contribution in [3.8, 4) is 0 Å². The van der Waals surface area contributed by atoms with Crippen LogP contribution in [0.15, 0.2) is 30.5 Å². The first-order valence-electron chi connectivity index (χ1n) is 8.95. The van der Waals surface area contributed by atoms with E-state index in [0.29, 0.717) is 0 Å². The molecule has 0 bridgehead atoms. The summed E-state index contributed by atoms with van der Waals surface area (Å²) >= 11 is 0. The third kappa shape index (κ3) is 2.76. The number of hydrogen-bond acceptors (Lipinski definition) is 5. The lowest BCUT2D eigenvalue weighted by Crippen LogP contribution is -2.16. The molecule has 1 N–H and O–H groups in total. The summed E-state index contributed by atoms with van der Waals surface area (Å²) in [4.78, 5) is 11.6. The van der Waals surface area contributed by atoms with Crippen LogP contribution in [0.25, 0.3) is 32.8 Å². The Balaban J connectivity index is 1.93. The Morgan fingerprint density at radius 1 is 1.15 bits per heavy atom. The van der Waals surface area contributed by atoms with Gasteiger partial charge in [0.05, 0.1) is 27.8 Å². The summed E-state index contributed by atoms with van der Waals surface area (Å²) in [6, 6.07) is 8.24. The van der Waals surface area contributed by atoms with Gasteiger partial charge in [-0.25, -0.2) is 4.98 Å². The molecule has 0 amide bonds. The van der Waals surface area contributed by atoms with Gasteiger partial charge < -0.3 is 10.2 Å². The number of fused-ring (bicyclic) bond motifs is 4. The number of aromatic nitrogens is 4. The van der Waals surface area contributed by atoms with Crippen LogP contribution >= 0.6 is 0 Å². The van der Waals surface area contributed by atoms with Gasteiger partial charge >= 0.3 is 0 Å². The average Bonchev–Trinajstić information content (AvgIpc) is 2.91. The number of aryl methyl sites for hydroxylation is 2. The zero-order valence-corrected chi connectivity index (χ0v) is 15.7. The first-order chi connectivity index (χ1) is 12.6. The van der Waals surface area contributed by atoms with Crippen LogP contribution in [0.5, 0.6) is 0 Å². The highest BCUT2D eigenvalue weighted by molar-refractivity contribution is 6.15. The maximum atomic E-state index is 4.96. The van der Waals surface area contributed by atoms with Crippen molar-refractivity contribution in [2.24, 2.45) is 7.05 Å². The average molecular weight is 348 g/mol. The molecule has 0 saturated heterocycles. The second-order valence-corrected chi connectivity index (χ2v) is 7.01. The van der Waals surface area contributed by atoms with Crippen molar-refractivity contribution >= 4 is 38.5 Å². The topological polar surface area (TPSA) is 58.9 Å². The molecule has 0 saturated carbocycles. The predicted octanol–water partition coefficient (Wildman–Crippen LogP) is 3.34. The van der Waals surface area contributed by atoms with Gasteiger partial charge in [-0.2, -0.15) is 5.10 Å². The van der Waals surface area contributed by atoms with E-state index in [1.165, 1.54) is 0 Å². The maximum Gasteiger partial charge on any atom is 0.160 e. The van der Waals surface area contributed by atoms with Crippen molar-refractivity contribution in [2.75, 3.05) is 32.5 Å². The van der Waals surface area contributed by atoms with Crippen molar-refractivity contribution in [1.82, 2.24) is 24.6 Å². The lowest BCUT2D eigenvalue weighted by Gasteiger charge is -2.14. The summed E-state index contributed by atoms with van der Waals surface area (Å²) < 4.78 is 1.87. The van der Waals surface area contributed by atoms with Gasteiger partial charge in [-0.05, 0) is 58.3 Å². The van der Waals surface area contributed by atoms with Crippen molar-refractivity contribution < 1.29 is 0 Å². The van der Waals surface area contributed by atoms with Gasteiger partial charge in [0.2, 0.25) is 0 Å². The normalized spacial score (nSPS) is 11.9. The summed E-state index contributed by atoms with van der Waals surface area (Å²) in [6.45, 7) is 4.01. The van der Waals surface area contributed by atoms with Crippen LogP contribution in [0.2, 0.25) is 0 Å². The molecule has 6 nitrogen and oxygen atoms in total. The Kier molecular flexibility index (Phi) is 4.20. The zero-order chi connectivity index (χ0) is 18.3. The van der Waals surface area contributed by atoms with E-state index in [2.05, 4.69) is 52.6 Å². The Hall–Kier alpha value is -2.73. The number of pyridine rings is 2. The van der Waals surface area contributed by atoms with Crippen molar-refractivity contribution in [2.45, 2.75) is 13.3 Å². The minimum Gasteiger partial charge on any atom is -0.384 e. The van der Waals surface area contributed by atoms with E-state index in [0.717, 1.165) is 63.7 Å². The molecule has 134 valence electrons. The van der Waals surface area contributed by atoms with Crippen LogP contribution in [-0.4, -0.2) is 51.8 Å². The number of nitrogens with zero attached hydrogens (tertiary/aromatic N) is 5. The highest BCUT2D eigenvalue weighted by Crippen LogP contribution is 2.35. The van der Waals surface area contributed by atoms with Crippen LogP contribution in [0.3, 0.4) is 0 Å². The number of nitrogens with one attached hydrogen (secondary N) is 1. The number of anilines is 1. The van der Waals surface area contributed by atoms with Crippen LogP contribution in [-0.2, 0) is 7.05 Å². The lowest BCUT2D eigenvalue weighted by atomic mass is 10.1. The van der Waals surface area contributed by atoms with E-state index >= 15 is 0 Å². The first kappa shape index (κ1) is 16.7. The Morgan fingerprint density at radius 2 is 2.00 bits per heavy atom. The molecule has 4 rings (SSSR count). The molecule has 0 aliphatic rings. The zero-order valence-electron chi connectivity index (χ0n) is 15.7. The van der Waals surface area contributed by atoms with E-state index < -0.39 is 0 Å². The number of hydrogen-bond donors (Lipinski definition) is 1. The monoisotopic (exact) mass is 348 g/mol. The molecule has 1 aromatic carbocycles. The van der Waals surface area contributed by atoms with E-state index in [-0.39, 0.29) is 0 Å². The molecule has 26 heavy (non-hydrogen) atoms. The first-order valence-corrected chi connectivity index (χ1v) is 8.95. The van der Waals surface area contributed by atoms with Gasteiger partial charge in [-0.15, -0.1) is 0 Å². The molecule has 0 aliphatic heterocycles. The molecule has 3 heterocycles. The predicted molar refractivity (Wildman–Crippen MR) is 108 cm³/mol. The standard InChI is InChI=1S/C20H24N6/c1-13-17-19(22-11-6-12-25(2)3)15-8-9-16-14(7-5-10-21-16)18(15)23-20(17)26(4)24-13/h5,7-10H,6,11-12H2,1-4H3,(H,22,23). The fourth-order valence-corrected chi connectivity index (χ4v) is 3.56. The molecule has 0 aliphatic carbocycles. The van der Waals surface area contributed by atoms with Crippen LogP contribution in [0.4, 0.5) is 5.69 Å². The van der Waals surface area contributed by atoms with E-state index in [1.807, 2.05) is 30.9 Å². The Morgan fingerprint density at radius 3 is 2.81 bits per heavy atom. The maximum absolute atomic E-state index is 4.96. The van der Waals surface area contributed by atoms with Gasteiger partial charge in [0.25, 0.3) is 0 Å². The SMILES string of the molecule is Cc1nn(C)c2nc3c(ccc4ncccc43)c(NCCCN(C)C)c12. The van der Waals surface area contributed by atoms with Gasteiger partial charge in [0.1, 0.15) is 0 Å². The molecule has 0 atom stereocenters. The molecule has 6 heteroatoms. The fourth-order valence-electron chi connectivity index (χ4n) is 3.56. The van der Waals surface area contributed by atoms with Gasteiger partial charge in [0, 0.05) is 30.6 Å². The second-order valence-electron chi connectivity index (χ2n) is 7.01. The fraction of sp³-hybridized carbons (Fsp3) is 0.350. The molecule has 3 aromatic heterocycles. The summed E-state index contributed by atoms with van der Waals surface area (Å²) in [7, 11) is 6.16. The summed E-state index contributed by atoms with van der Waals surface area (Å²) in [6.07, 6.45) is 2.90. The molecule has 0 fully saturated rings. The molecule has 4 aromatic rings. The molecular weight excluding hydrogens is 324 g/mol.